The molecular formula is C9H17NO2. The molecule has 2 unspecified atom stereocenters. The van der Waals surface area contributed by atoms with Gasteiger partial charge in [0.1, 0.15) is 0 Å². The molecular weight excluding hydrogens is 154 g/mol. The first-order valence-corrected chi connectivity index (χ1v) is 4.77. The molecule has 1 aliphatic heterocycles. The number of rotatable bonds is 2. The van der Waals surface area contributed by atoms with E-state index in [0.29, 0.717) is 19.3 Å². The predicted octanol–water partition coefficient (Wildman–Crippen LogP) is 0.230. The molecule has 0 amide bonds. The van der Waals surface area contributed by atoms with Gasteiger partial charge in [-0.3, -0.25) is 4.90 Å². The molecule has 12 heavy (non-hydrogen) atoms. The SMILES string of the molecule is CN(C1CCC1)C1COCC1O. The molecule has 0 radical (unpaired) electrons. The molecule has 1 N–H and O–H groups in total. The average Bonchev–Trinajstić information content (AvgIpc) is 2.31. The van der Waals surface area contributed by atoms with Crippen molar-refractivity contribution in [2.45, 2.75) is 37.5 Å². The quantitative estimate of drug-likeness (QED) is 0.645. The van der Waals surface area contributed by atoms with Gasteiger partial charge in [0, 0.05) is 6.04 Å². The van der Waals surface area contributed by atoms with Gasteiger partial charge in [-0.2, -0.15) is 0 Å². The van der Waals surface area contributed by atoms with Crippen LogP contribution in [0.15, 0.2) is 0 Å². The minimum Gasteiger partial charge on any atom is -0.389 e. The van der Waals surface area contributed by atoms with Crippen LogP contribution in [0.1, 0.15) is 19.3 Å². The summed E-state index contributed by atoms with van der Waals surface area (Å²) in [5, 5.41) is 9.56. The summed E-state index contributed by atoms with van der Waals surface area (Å²) in [5.41, 5.74) is 0. The Kier molecular flexibility index (Phi) is 2.35. The van der Waals surface area contributed by atoms with E-state index in [-0.39, 0.29) is 12.1 Å². The maximum absolute atomic E-state index is 9.56. The zero-order valence-corrected chi connectivity index (χ0v) is 7.57. The third-order valence-electron chi connectivity index (χ3n) is 3.20. The topological polar surface area (TPSA) is 32.7 Å². The van der Waals surface area contributed by atoms with Crippen molar-refractivity contribution in [3.8, 4) is 0 Å². The third-order valence-corrected chi connectivity index (χ3v) is 3.20. The summed E-state index contributed by atoms with van der Waals surface area (Å²) in [6.45, 7) is 1.22. The van der Waals surface area contributed by atoms with E-state index in [1.807, 2.05) is 0 Å². The smallest absolute Gasteiger partial charge is 0.0950 e. The first kappa shape index (κ1) is 8.48. The van der Waals surface area contributed by atoms with Gasteiger partial charge in [0.05, 0.1) is 25.4 Å². The second-order valence-corrected chi connectivity index (χ2v) is 3.92. The van der Waals surface area contributed by atoms with Gasteiger partial charge in [-0.05, 0) is 19.9 Å². The van der Waals surface area contributed by atoms with Crippen LogP contribution in [-0.2, 0) is 4.74 Å². The first-order valence-electron chi connectivity index (χ1n) is 4.77. The Labute approximate surface area is 73.3 Å². The zero-order chi connectivity index (χ0) is 8.55. The molecule has 2 aliphatic rings. The monoisotopic (exact) mass is 171 g/mol. The molecule has 3 heteroatoms. The van der Waals surface area contributed by atoms with Crippen LogP contribution >= 0.6 is 0 Å². The van der Waals surface area contributed by atoms with Gasteiger partial charge in [-0.25, -0.2) is 0 Å². The van der Waals surface area contributed by atoms with E-state index in [2.05, 4.69) is 11.9 Å². The normalized spacial score (nSPS) is 37.2. The Balaban J connectivity index is 1.89. The number of aliphatic hydroxyl groups is 1. The molecule has 2 atom stereocenters. The van der Waals surface area contributed by atoms with Crippen LogP contribution in [0.3, 0.4) is 0 Å². The van der Waals surface area contributed by atoms with Crippen LogP contribution in [0.25, 0.3) is 0 Å². The Bertz CT molecular complexity index is 159. The summed E-state index contributed by atoms with van der Waals surface area (Å²) in [6, 6.07) is 0.946. The van der Waals surface area contributed by atoms with E-state index in [1.54, 1.807) is 0 Å². The fourth-order valence-electron chi connectivity index (χ4n) is 1.99. The highest BCUT2D eigenvalue weighted by molar-refractivity contribution is 4.88. The molecule has 1 saturated carbocycles. The number of likely N-dealkylation sites (N-methyl/N-ethyl adjacent to an activating group) is 1. The molecule has 2 rings (SSSR count). The van der Waals surface area contributed by atoms with Crippen molar-refractivity contribution >= 4 is 0 Å². The number of nitrogens with zero attached hydrogens (tertiary/aromatic N) is 1. The van der Waals surface area contributed by atoms with Crippen LogP contribution < -0.4 is 0 Å². The molecule has 70 valence electrons. The lowest BCUT2D eigenvalue weighted by molar-refractivity contribution is 0.0467. The standard InChI is InChI=1S/C9H17NO2/c1-10(7-3-2-4-7)8-5-12-6-9(8)11/h7-9,11H,2-6H2,1H3. The van der Waals surface area contributed by atoms with Crippen LogP contribution in [0.2, 0.25) is 0 Å². The van der Waals surface area contributed by atoms with Crippen molar-refractivity contribution in [1.82, 2.24) is 4.90 Å². The summed E-state index contributed by atoms with van der Waals surface area (Å²) in [7, 11) is 2.10. The second kappa shape index (κ2) is 3.32. The number of aliphatic hydroxyl groups excluding tert-OH is 1. The summed E-state index contributed by atoms with van der Waals surface area (Å²) < 4.78 is 5.22. The fraction of sp³-hybridized carbons (Fsp3) is 1.00. The summed E-state index contributed by atoms with van der Waals surface area (Å²) >= 11 is 0. The minimum absolute atomic E-state index is 0.246. The van der Waals surface area contributed by atoms with Gasteiger partial charge in [0.25, 0.3) is 0 Å². The van der Waals surface area contributed by atoms with Gasteiger partial charge >= 0.3 is 0 Å². The maximum atomic E-state index is 9.56. The van der Waals surface area contributed by atoms with Crippen LogP contribution in [0.4, 0.5) is 0 Å². The highest BCUT2D eigenvalue weighted by atomic mass is 16.5. The third kappa shape index (κ3) is 1.37. The molecule has 0 aromatic rings. The fourth-order valence-corrected chi connectivity index (χ4v) is 1.99. The van der Waals surface area contributed by atoms with Gasteiger partial charge in [-0.1, -0.05) is 6.42 Å². The van der Waals surface area contributed by atoms with E-state index in [0.717, 1.165) is 0 Å². The van der Waals surface area contributed by atoms with Crippen LogP contribution in [0.5, 0.6) is 0 Å². The summed E-state index contributed by atoms with van der Waals surface area (Å²) in [4.78, 5) is 2.29. The van der Waals surface area contributed by atoms with Crippen LogP contribution in [0, 0.1) is 0 Å². The molecule has 0 spiro atoms. The average molecular weight is 171 g/mol. The largest absolute Gasteiger partial charge is 0.389 e. The van der Waals surface area contributed by atoms with Gasteiger partial charge in [0.2, 0.25) is 0 Å². The lowest BCUT2D eigenvalue weighted by atomic mass is 9.90. The zero-order valence-electron chi connectivity index (χ0n) is 7.57. The highest BCUT2D eigenvalue weighted by Gasteiger charge is 2.35. The Morgan fingerprint density at radius 3 is 2.50 bits per heavy atom. The van der Waals surface area contributed by atoms with Crippen molar-refractivity contribution in [2.75, 3.05) is 20.3 Å². The van der Waals surface area contributed by atoms with Crippen molar-refractivity contribution in [1.29, 1.82) is 0 Å². The Morgan fingerprint density at radius 1 is 1.33 bits per heavy atom. The molecule has 0 aromatic carbocycles. The van der Waals surface area contributed by atoms with Gasteiger partial charge < -0.3 is 9.84 Å². The van der Waals surface area contributed by atoms with Crippen molar-refractivity contribution in [3.63, 3.8) is 0 Å². The Morgan fingerprint density at radius 2 is 2.08 bits per heavy atom. The minimum atomic E-state index is -0.268. The van der Waals surface area contributed by atoms with E-state index in [4.69, 9.17) is 4.74 Å². The lowest BCUT2D eigenvalue weighted by Gasteiger charge is -2.39. The lowest BCUT2D eigenvalue weighted by Crippen LogP contribution is -2.48. The van der Waals surface area contributed by atoms with Crippen molar-refractivity contribution in [3.05, 3.63) is 0 Å². The van der Waals surface area contributed by atoms with E-state index in [9.17, 15) is 5.11 Å². The summed E-state index contributed by atoms with van der Waals surface area (Å²) in [6.07, 6.45) is 3.66. The molecule has 1 heterocycles. The number of ether oxygens (including phenoxy) is 1. The summed E-state index contributed by atoms with van der Waals surface area (Å²) in [5.74, 6) is 0. The second-order valence-electron chi connectivity index (χ2n) is 3.92. The van der Waals surface area contributed by atoms with Crippen LogP contribution in [-0.4, -0.2) is 48.5 Å². The maximum Gasteiger partial charge on any atom is 0.0950 e. The van der Waals surface area contributed by atoms with Gasteiger partial charge in [0.15, 0.2) is 0 Å². The molecule has 3 nitrogen and oxygen atoms in total. The van der Waals surface area contributed by atoms with Crippen molar-refractivity contribution in [2.24, 2.45) is 0 Å². The predicted molar refractivity (Wildman–Crippen MR) is 46.0 cm³/mol. The molecule has 2 fully saturated rings. The van der Waals surface area contributed by atoms with E-state index in [1.165, 1.54) is 19.3 Å². The van der Waals surface area contributed by atoms with Crippen molar-refractivity contribution < 1.29 is 9.84 Å². The van der Waals surface area contributed by atoms with E-state index < -0.39 is 0 Å². The first-order chi connectivity index (χ1) is 5.79. The number of hydrogen-bond donors (Lipinski definition) is 1. The van der Waals surface area contributed by atoms with Gasteiger partial charge in [-0.15, -0.1) is 0 Å². The molecule has 1 aliphatic carbocycles. The Hall–Kier alpha value is -0.120. The molecule has 0 aromatic heterocycles. The number of hydrogen-bond acceptors (Lipinski definition) is 3. The van der Waals surface area contributed by atoms with E-state index >= 15 is 0 Å². The molecule has 1 saturated heterocycles. The molecule has 0 bridgehead atoms. The highest BCUT2D eigenvalue weighted by Crippen LogP contribution is 2.27.